The highest BCUT2D eigenvalue weighted by Crippen LogP contribution is 2.25. The fourth-order valence-electron chi connectivity index (χ4n) is 2.78. The van der Waals surface area contributed by atoms with E-state index in [1.807, 2.05) is 41.9 Å². The Morgan fingerprint density at radius 1 is 1.46 bits per heavy atom. The van der Waals surface area contributed by atoms with Gasteiger partial charge in [0.2, 0.25) is 5.91 Å². The van der Waals surface area contributed by atoms with E-state index in [1.165, 1.54) is 5.56 Å². The summed E-state index contributed by atoms with van der Waals surface area (Å²) in [4.78, 5) is 18.0. The number of hydrogen-bond donors (Lipinski definition) is 1. The second-order valence-electron chi connectivity index (χ2n) is 6.21. The molecule has 24 heavy (non-hydrogen) atoms. The number of hydrogen-bond acceptors (Lipinski definition) is 5. The fourth-order valence-corrected chi connectivity index (χ4v) is 2.78. The number of aromatic nitrogens is 3. The number of likely N-dealkylation sites (N-methyl/N-ethyl adjacent to an activating group) is 1. The van der Waals surface area contributed by atoms with Crippen molar-refractivity contribution in [1.82, 2.24) is 25.0 Å². The fraction of sp³-hybridized carbons (Fsp3) is 0.471. The first kappa shape index (κ1) is 16.6. The minimum Gasteiger partial charge on any atom is -0.370 e. The summed E-state index contributed by atoms with van der Waals surface area (Å²) in [5.74, 6) is -0.0105. The van der Waals surface area contributed by atoms with E-state index < -0.39 is 0 Å². The molecular weight excluding hydrogens is 306 g/mol. The van der Waals surface area contributed by atoms with E-state index in [0.717, 1.165) is 17.8 Å². The maximum absolute atomic E-state index is 11.8. The van der Waals surface area contributed by atoms with Crippen LogP contribution in [0.5, 0.6) is 0 Å². The summed E-state index contributed by atoms with van der Waals surface area (Å²) in [6.45, 7) is 2.10. The Kier molecular flexibility index (Phi) is 5.22. The van der Waals surface area contributed by atoms with Gasteiger partial charge in [-0.2, -0.15) is 5.10 Å². The molecule has 0 radical (unpaired) electrons. The van der Waals surface area contributed by atoms with Crippen molar-refractivity contribution in [3.8, 4) is 0 Å². The smallest absolute Gasteiger partial charge is 0.234 e. The molecule has 2 aromatic rings. The minimum absolute atomic E-state index is 0.0105. The van der Waals surface area contributed by atoms with Crippen LogP contribution in [0, 0.1) is 0 Å². The molecule has 128 valence electrons. The van der Waals surface area contributed by atoms with Gasteiger partial charge in [0.25, 0.3) is 0 Å². The van der Waals surface area contributed by atoms with Gasteiger partial charge in [0, 0.05) is 18.9 Å². The van der Waals surface area contributed by atoms with Crippen LogP contribution in [0.1, 0.15) is 23.1 Å². The number of pyridine rings is 1. The maximum Gasteiger partial charge on any atom is 0.234 e. The Balaban J connectivity index is 1.65. The van der Waals surface area contributed by atoms with Crippen LogP contribution < -0.4 is 5.32 Å². The highest BCUT2D eigenvalue weighted by molar-refractivity contribution is 5.77. The molecule has 2 aromatic heterocycles. The van der Waals surface area contributed by atoms with Crippen molar-refractivity contribution < 1.29 is 9.53 Å². The third kappa shape index (κ3) is 4.18. The Morgan fingerprint density at radius 2 is 2.33 bits per heavy atom. The van der Waals surface area contributed by atoms with Crippen LogP contribution in [0.25, 0.3) is 0 Å². The van der Waals surface area contributed by atoms with Crippen LogP contribution in [-0.4, -0.2) is 59.4 Å². The molecule has 0 fully saturated rings. The first-order chi connectivity index (χ1) is 11.6. The van der Waals surface area contributed by atoms with E-state index in [1.54, 1.807) is 6.20 Å². The molecule has 7 nitrogen and oxygen atoms in total. The Hall–Kier alpha value is -2.25. The van der Waals surface area contributed by atoms with Crippen LogP contribution in [0.4, 0.5) is 0 Å². The third-order valence-electron chi connectivity index (χ3n) is 3.86. The average molecular weight is 329 g/mol. The molecule has 7 heteroatoms. The molecule has 0 saturated heterocycles. The van der Waals surface area contributed by atoms with Crippen molar-refractivity contribution in [3.63, 3.8) is 0 Å². The van der Waals surface area contributed by atoms with Gasteiger partial charge in [-0.25, -0.2) is 0 Å². The SMILES string of the molecule is CN(C)CC(=O)NC[C@@H]1OCCc2cn(Cc3ccccn3)nc21. The predicted molar refractivity (Wildman–Crippen MR) is 89.5 cm³/mol. The quantitative estimate of drug-likeness (QED) is 0.841. The van der Waals surface area contributed by atoms with Gasteiger partial charge in [0.15, 0.2) is 0 Å². The molecule has 0 spiro atoms. The molecule has 0 bridgehead atoms. The summed E-state index contributed by atoms with van der Waals surface area (Å²) in [7, 11) is 3.74. The van der Waals surface area contributed by atoms with Crippen LogP contribution in [0.15, 0.2) is 30.6 Å². The van der Waals surface area contributed by atoms with E-state index >= 15 is 0 Å². The maximum atomic E-state index is 11.8. The van der Waals surface area contributed by atoms with Gasteiger partial charge in [-0.1, -0.05) is 6.07 Å². The number of nitrogens with zero attached hydrogens (tertiary/aromatic N) is 4. The monoisotopic (exact) mass is 329 g/mol. The molecule has 1 amide bonds. The average Bonchev–Trinajstić information content (AvgIpc) is 2.96. The Bertz CT molecular complexity index is 684. The minimum atomic E-state index is -0.190. The lowest BCUT2D eigenvalue weighted by Crippen LogP contribution is -2.37. The molecule has 0 saturated carbocycles. The molecule has 1 aliphatic rings. The number of amides is 1. The molecular formula is C17H23N5O2. The Labute approximate surface area is 141 Å². The van der Waals surface area contributed by atoms with Crippen molar-refractivity contribution in [2.24, 2.45) is 0 Å². The van der Waals surface area contributed by atoms with Gasteiger partial charge in [-0.3, -0.25) is 14.5 Å². The molecule has 0 aromatic carbocycles. The van der Waals surface area contributed by atoms with Gasteiger partial charge < -0.3 is 15.0 Å². The van der Waals surface area contributed by atoms with Crippen molar-refractivity contribution in [1.29, 1.82) is 0 Å². The van der Waals surface area contributed by atoms with Gasteiger partial charge in [-0.15, -0.1) is 0 Å². The summed E-state index contributed by atoms with van der Waals surface area (Å²) in [6.07, 6.45) is 4.50. The zero-order chi connectivity index (χ0) is 16.9. The topological polar surface area (TPSA) is 72.3 Å². The van der Waals surface area contributed by atoms with Gasteiger partial charge in [-0.05, 0) is 38.2 Å². The molecule has 3 rings (SSSR count). The van der Waals surface area contributed by atoms with Gasteiger partial charge in [0.1, 0.15) is 6.10 Å². The number of carbonyl (C=O) groups excluding carboxylic acids is 1. The zero-order valence-corrected chi connectivity index (χ0v) is 14.1. The van der Waals surface area contributed by atoms with Crippen LogP contribution in [-0.2, 0) is 22.5 Å². The second kappa shape index (κ2) is 7.55. The number of rotatable bonds is 6. The van der Waals surface area contributed by atoms with Crippen molar-refractivity contribution in [3.05, 3.63) is 47.5 Å². The van der Waals surface area contributed by atoms with E-state index in [9.17, 15) is 4.79 Å². The Morgan fingerprint density at radius 3 is 3.08 bits per heavy atom. The second-order valence-corrected chi connectivity index (χ2v) is 6.21. The number of nitrogens with one attached hydrogen (secondary N) is 1. The van der Waals surface area contributed by atoms with E-state index in [-0.39, 0.29) is 12.0 Å². The summed E-state index contributed by atoms with van der Waals surface area (Å²) < 4.78 is 7.70. The normalized spacial score (nSPS) is 16.9. The lowest BCUT2D eigenvalue weighted by atomic mass is 10.1. The molecule has 0 unspecified atom stereocenters. The van der Waals surface area contributed by atoms with Crippen LogP contribution in [0.2, 0.25) is 0 Å². The number of carbonyl (C=O) groups is 1. The van der Waals surface area contributed by atoms with Crippen molar-refractivity contribution in [2.45, 2.75) is 19.1 Å². The predicted octanol–water partition coefficient (Wildman–Crippen LogP) is 0.618. The molecule has 0 aliphatic carbocycles. The van der Waals surface area contributed by atoms with E-state index in [0.29, 0.717) is 26.2 Å². The van der Waals surface area contributed by atoms with Crippen molar-refractivity contribution in [2.75, 3.05) is 33.8 Å². The van der Waals surface area contributed by atoms with Crippen LogP contribution >= 0.6 is 0 Å². The summed E-state index contributed by atoms with van der Waals surface area (Å²) in [5, 5.41) is 7.57. The molecule has 1 aliphatic heterocycles. The molecule has 3 heterocycles. The third-order valence-corrected chi connectivity index (χ3v) is 3.86. The van der Waals surface area contributed by atoms with Gasteiger partial charge >= 0.3 is 0 Å². The first-order valence-electron chi connectivity index (χ1n) is 8.11. The lowest BCUT2D eigenvalue weighted by molar-refractivity contribution is -0.122. The molecule has 1 N–H and O–H groups in total. The summed E-state index contributed by atoms with van der Waals surface area (Å²) in [6, 6.07) is 5.85. The zero-order valence-electron chi connectivity index (χ0n) is 14.1. The number of ether oxygens (including phenoxy) is 1. The first-order valence-corrected chi connectivity index (χ1v) is 8.11. The van der Waals surface area contributed by atoms with Gasteiger partial charge in [0.05, 0.1) is 31.1 Å². The number of fused-ring (bicyclic) bond motifs is 1. The van der Waals surface area contributed by atoms with Crippen molar-refractivity contribution >= 4 is 5.91 Å². The van der Waals surface area contributed by atoms with E-state index in [2.05, 4.69) is 21.6 Å². The summed E-state index contributed by atoms with van der Waals surface area (Å²) in [5.41, 5.74) is 3.07. The molecule has 1 atom stereocenters. The van der Waals surface area contributed by atoms with Crippen LogP contribution in [0.3, 0.4) is 0 Å². The largest absolute Gasteiger partial charge is 0.370 e. The standard InChI is InChI=1S/C17H23N5O2/c1-21(2)12-16(23)19-9-15-17-13(6-8-24-15)10-22(20-17)11-14-5-3-4-7-18-14/h3-5,7,10,15H,6,8-9,11-12H2,1-2H3,(H,19,23)/t15-/m0/s1. The van der Waals surface area contributed by atoms with E-state index in [4.69, 9.17) is 4.74 Å². The lowest BCUT2D eigenvalue weighted by Gasteiger charge is -2.22. The highest BCUT2D eigenvalue weighted by Gasteiger charge is 2.25. The summed E-state index contributed by atoms with van der Waals surface area (Å²) >= 11 is 0. The highest BCUT2D eigenvalue weighted by atomic mass is 16.5.